The first-order valence-corrected chi connectivity index (χ1v) is 6.32. The van der Waals surface area contributed by atoms with Crippen molar-refractivity contribution in [3.63, 3.8) is 0 Å². The van der Waals surface area contributed by atoms with Crippen LogP contribution in [-0.2, 0) is 4.74 Å². The predicted octanol–water partition coefficient (Wildman–Crippen LogP) is 2.40. The number of carbonyl (C=O) groups is 1. The Hall–Kier alpha value is -2.09. The Morgan fingerprint density at radius 2 is 1.91 bits per heavy atom. The minimum absolute atomic E-state index is 0.0280. The number of carbonyl (C=O) groups excluding carboxylic acids is 1. The van der Waals surface area contributed by atoms with Crippen LogP contribution in [0.15, 0.2) is 36.6 Å². The average Bonchev–Trinajstić information content (AvgIpc) is 2.44. The van der Waals surface area contributed by atoms with Crippen molar-refractivity contribution in [3.8, 4) is 0 Å². The number of benzene rings is 1. The number of aliphatic hydroxyl groups is 1. The van der Waals surface area contributed by atoms with Gasteiger partial charge < -0.3 is 15.2 Å². The van der Waals surface area contributed by atoms with Crippen molar-refractivity contribution in [1.82, 2.24) is 5.32 Å². The number of amides is 1. The van der Waals surface area contributed by atoms with E-state index in [0.29, 0.717) is 6.08 Å². The molecule has 0 aromatic heterocycles. The first-order chi connectivity index (χ1) is 10.2. The third-order valence-electron chi connectivity index (χ3n) is 2.72. The normalized spacial score (nSPS) is 14.6. The summed E-state index contributed by atoms with van der Waals surface area (Å²) in [6.07, 6.45) is -3.87. The van der Waals surface area contributed by atoms with E-state index < -0.39 is 30.0 Å². The van der Waals surface area contributed by atoms with Gasteiger partial charge in [-0.05, 0) is 37.3 Å². The van der Waals surface area contributed by atoms with E-state index in [1.807, 2.05) is 5.32 Å². The van der Waals surface area contributed by atoms with Crippen LogP contribution in [-0.4, -0.2) is 35.9 Å². The van der Waals surface area contributed by atoms with E-state index in [1.54, 1.807) is 6.92 Å². The molecule has 8 heteroatoms. The molecule has 1 rings (SSSR count). The Morgan fingerprint density at radius 1 is 1.32 bits per heavy atom. The summed E-state index contributed by atoms with van der Waals surface area (Å²) < 4.78 is 56.0. The lowest BCUT2D eigenvalue weighted by atomic mass is 10.0. The molecular weight excluding hydrogens is 306 g/mol. The summed E-state index contributed by atoms with van der Waals surface area (Å²) in [6.45, 7) is 0.593. The number of hydrogen-bond acceptors (Lipinski definition) is 3. The SMILES string of the molecule is CCO/C=C/[C@@](O)(CNC(=O)c1ccc(F)cc1)C(F)(F)F. The summed E-state index contributed by atoms with van der Waals surface area (Å²) in [7, 11) is 0. The van der Waals surface area contributed by atoms with Gasteiger partial charge in [-0.2, -0.15) is 13.2 Å². The highest BCUT2D eigenvalue weighted by Gasteiger charge is 2.52. The number of ether oxygens (including phenoxy) is 1. The van der Waals surface area contributed by atoms with Gasteiger partial charge in [0, 0.05) is 5.56 Å². The molecule has 122 valence electrons. The largest absolute Gasteiger partial charge is 0.502 e. The second kappa shape index (κ2) is 7.26. The van der Waals surface area contributed by atoms with E-state index in [0.717, 1.165) is 30.5 Å². The molecule has 22 heavy (non-hydrogen) atoms. The summed E-state index contributed by atoms with van der Waals surface area (Å²) in [5.41, 5.74) is -3.29. The molecule has 1 aromatic carbocycles. The fourth-order valence-corrected chi connectivity index (χ4v) is 1.43. The van der Waals surface area contributed by atoms with Gasteiger partial charge in [0.1, 0.15) is 5.82 Å². The van der Waals surface area contributed by atoms with E-state index in [4.69, 9.17) is 0 Å². The molecule has 0 aliphatic carbocycles. The lowest BCUT2D eigenvalue weighted by Gasteiger charge is -2.27. The zero-order valence-electron chi connectivity index (χ0n) is 11.7. The van der Waals surface area contributed by atoms with Gasteiger partial charge in [-0.15, -0.1) is 0 Å². The van der Waals surface area contributed by atoms with Crippen molar-refractivity contribution < 1.29 is 32.2 Å². The van der Waals surface area contributed by atoms with E-state index >= 15 is 0 Å². The second-order valence-corrected chi connectivity index (χ2v) is 4.37. The molecule has 0 unspecified atom stereocenters. The molecule has 0 heterocycles. The number of rotatable bonds is 6. The summed E-state index contributed by atoms with van der Waals surface area (Å²) in [5.74, 6) is -1.45. The van der Waals surface area contributed by atoms with Crippen molar-refractivity contribution in [2.24, 2.45) is 0 Å². The number of nitrogens with one attached hydrogen (secondary N) is 1. The topological polar surface area (TPSA) is 58.6 Å². The van der Waals surface area contributed by atoms with Crippen molar-refractivity contribution in [1.29, 1.82) is 0 Å². The monoisotopic (exact) mass is 321 g/mol. The molecule has 0 saturated carbocycles. The van der Waals surface area contributed by atoms with Crippen LogP contribution >= 0.6 is 0 Å². The fraction of sp³-hybridized carbons (Fsp3) is 0.357. The first kappa shape index (κ1) is 18.0. The van der Waals surface area contributed by atoms with E-state index in [2.05, 4.69) is 4.74 Å². The van der Waals surface area contributed by atoms with E-state index in [-0.39, 0.29) is 12.2 Å². The van der Waals surface area contributed by atoms with Gasteiger partial charge in [0.2, 0.25) is 0 Å². The molecule has 0 radical (unpaired) electrons. The Bertz CT molecular complexity index is 528. The molecule has 1 amide bonds. The molecule has 4 nitrogen and oxygen atoms in total. The first-order valence-electron chi connectivity index (χ1n) is 6.32. The minimum atomic E-state index is -5.00. The van der Waals surface area contributed by atoms with Crippen LogP contribution in [0.1, 0.15) is 17.3 Å². The quantitative estimate of drug-likeness (QED) is 0.625. The molecule has 2 N–H and O–H groups in total. The predicted molar refractivity (Wildman–Crippen MR) is 70.5 cm³/mol. The average molecular weight is 321 g/mol. The van der Waals surface area contributed by atoms with Gasteiger partial charge in [-0.25, -0.2) is 4.39 Å². The molecule has 0 aliphatic rings. The van der Waals surface area contributed by atoms with E-state index in [9.17, 15) is 27.5 Å². The second-order valence-electron chi connectivity index (χ2n) is 4.37. The van der Waals surface area contributed by atoms with Crippen LogP contribution in [0.25, 0.3) is 0 Å². The zero-order chi connectivity index (χ0) is 16.8. The molecule has 1 atom stereocenters. The summed E-state index contributed by atoms with van der Waals surface area (Å²) in [4.78, 5) is 11.7. The Kier molecular flexibility index (Phi) is 5.92. The van der Waals surface area contributed by atoms with Gasteiger partial charge in [0.05, 0.1) is 19.4 Å². The lowest BCUT2D eigenvalue weighted by molar-refractivity contribution is -0.237. The van der Waals surface area contributed by atoms with Gasteiger partial charge in [0.25, 0.3) is 5.91 Å². The summed E-state index contributed by atoms with van der Waals surface area (Å²) in [6, 6.07) is 4.24. The molecule has 0 spiro atoms. The van der Waals surface area contributed by atoms with Crippen LogP contribution in [0.3, 0.4) is 0 Å². The molecule has 0 aliphatic heterocycles. The van der Waals surface area contributed by atoms with Gasteiger partial charge in [-0.3, -0.25) is 4.79 Å². The molecule has 0 saturated heterocycles. The van der Waals surface area contributed by atoms with Crippen molar-refractivity contribution in [2.75, 3.05) is 13.2 Å². The molecular formula is C14H15F4NO3. The third kappa shape index (κ3) is 4.73. The third-order valence-corrected chi connectivity index (χ3v) is 2.72. The standard InChI is InChI=1S/C14H15F4NO3/c1-2-22-8-7-13(21,14(16,17)18)9-19-12(20)10-3-5-11(15)6-4-10/h3-8,21H,2,9H2,1H3,(H,19,20)/b8-7+/t13-/m1/s1. The Morgan fingerprint density at radius 3 is 2.41 bits per heavy atom. The highest BCUT2D eigenvalue weighted by atomic mass is 19.4. The summed E-state index contributed by atoms with van der Waals surface area (Å²) >= 11 is 0. The van der Waals surface area contributed by atoms with Gasteiger partial charge in [-0.1, -0.05) is 0 Å². The van der Waals surface area contributed by atoms with Crippen LogP contribution < -0.4 is 5.32 Å². The minimum Gasteiger partial charge on any atom is -0.502 e. The van der Waals surface area contributed by atoms with Crippen molar-refractivity contribution in [2.45, 2.75) is 18.7 Å². The fourth-order valence-electron chi connectivity index (χ4n) is 1.43. The number of hydrogen-bond donors (Lipinski definition) is 2. The van der Waals surface area contributed by atoms with Gasteiger partial charge >= 0.3 is 6.18 Å². The van der Waals surface area contributed by atoms with E-state index in [1.165, 1.54) is 0 Å². The molecule has 1 aromatic rings. The van der Waals surface area contributed by atoms with Crippen LogP contribution in [0.2, 0.25) is 0 Å². The van der Waals surface area contributed by atoms with Gasteiger partial charge in [0.15, 0.2) is 5.60 Å². The highest BCUT2D eigenvalue weighted by molar-refractivity contribution is 5.94. The zero-order valence-corrected chi connectivity index (χ0v) is 11.7. The van der Waals surface area contributed by atoms with Crippen LogP contribution in [0.4, 0.5) is 17.6 Å². The molecule has 0 bridgehead atoms. The smallest absolute Gasteiger partial charge is 0.422 e. The molecule has 0 fully saturated rings. The maximum Gasteiger partial charge on any atom is 0.422 e. The van der Waals surface area contributed by atoms with Crippen molar-refractivity contribution in [3.05, 3.63) is 48.0 Å². The highest BCUT2D eigenvalue weighted by Crippen LogP contribution is 2.31. The summed E-state index contributed by atoms with van der Waals surface area (Å²) in [5, 5.41) is 11.6. The maximum atomic E-state index is 12.9. The van der Waals surface area contributed by atoms with Crippen LogP contribution in [0, 0.1) is 5.82 Å². The lowest BCUT2D eigenvalue weighted by Crippen LogP contribution is -2.52. The number of alkyl halides is 3. The van der Waals surface area contributed by atoms with Crippen molar-refractivity contribution >= 4 is 5.91 Å². The number of halogens is 4. The Labute approximate surface area is 124 Å². The maximum absolute atomic E-state index is 12.9. The Balaban J connectivity index is 2.79. The van der Waals surface area contributed by atoms with Crippen LogP contribution in [0.5, 0.6) is 0 Å².